The standard InChI is InChI=1S/C12H11N3O6/c1-6-11(17)13-9(16)5-14(6)10-7(12(18)19)3-2-4-8(10)15(20)21/h2-4,6H,5H2,1H3,(H,18,19)(H,13,16,17). The summed E-state index contributed by atoms with van der Waals surface area (Å²) in [6.45, 7) is 1.10. The number of carbonyl (C=O) groups is 3. The molecule has 1 saturated heterocycles. The number of benzene rings is 1. The molecule has 0 radical (unpaired) electrons. The highest BCUT2D eigenvalue weighted by Crippen LogP contribution is 2.34. The van der Waals surface area contributed by atoms with Crippen molar-refractivity contribution in [3.05, 3.63) is 33.9 Å². The van der Waals surface area contributed by atoms with Crippen LogP contribution in [0.1, 0.15) is 17.3 Å². The predicted molar refractivity (Wildman–Crippen MR) is 70.0 cm³/mol. The fraction of sp³-hybridized carbons (Fsp3) is 0.250. The van der Waals surface area contributed by atoms with Gasteiger partial charge in [-0.05, 0) is 13.0 Å². The highest BCUT2D eigenvalue weighted by molar-refractivity contribution is 6.07. The van der Waals surface area contributed by atoms with Gasteiger partial charge in [0.15, 0.2) is 0 Å². The summed E-state index contributed by atoms with van der Waals surface area (Å²) < 4.78 is 0. The van der Waals surface area contributed by atoms with Gasteiger partial charge in [-0.15, -0.1) is 0 Å². The Kier molecular flexibility index (Phi) is 3.57. The second kappa shape index (κ2) is 5.19. The number of aromatic carboxylic acids is 1. The Bertz CT molecular complexity index is 624. The number of imide groups is 1. The number of anilines is 1. The van der Waals surface area contributed by atoms with Crippen molar-refractivity contribution >= 4 is 29.2 Å². The fourth-order valence-electron chi connectivity index (χ4n) is 2.14. The monoisotopic (exact) mass is 293 g/mol. The lowest BCUT2D eigenvalue weighted by atomic mass is 10.1. The Morgan fingerprint density at radius 1 is 1.48 bits per heavy atom. The minimum Gasteiger partial charge on any atom is -0.478 e. The maximum absolute atomic E-state index is 11.7. The number of para-hydroxylation sites is 1. The Hall–Kier alpha value is -2.97. The number of carbonyl (C=O) groups excluding carboxylic acids is 2. The molecule has 9 nitrogen and oxygen atoms in total. The van der Waals surface area contributed by atoms with Crippen molar-refractivity contribution in [2.45, 2.75) is 13.0 Å². The van der Waals surface area contributed by atoms with Crippen molar-refractivity contribution in [2.24, 2.45) is 0 Å². The molecule has 1 unspecified atom stereocenters. The lowest BCUT2D eigenvalue weighted by Gasteiger charge is -2.33. The molecule has 1 aromatic carbocycles. The third kappa shape index (κ3) is 2.53. The zero-order valence-electron chi connectivity index (χ0n) is 10.9. The molecule has 0 aromatic heterocycles. The highest BCUT2D eigenvalue weighted by atomic mass is 16.6. The number of nitrogens with zero attached hydrogens (tertiary/aromatic N) is 2. The molecular formula is C12H11N3O6. The van der Waals surface area contributed by atoms with E-state index in [4.69, 9.17) is 0 Å². The maximum Gasteiger partial charge on any atom is 0.338 e. The summed E-state index contributed by atoms with van der Waals surface area (Å²) in [6, 6.07) is 2.66. The van der Waals surface area contributed by atoms with Gasteiger partial charge in [0.1, 0.15) is 11.7 Å². The first-order valence-corrected chi connectivity index (χ1v) is 5.94. The Balaban J connectivity index is 2.65. The minimum absolute atomic E-state index is 0.245. The van der Waals surface area contributed by atoms with E-state index in [1.165, 1.54) is 19.1 Å². The third-order valence-corrected chi connectivity index (χ3v) is 3.15. The number of rotatable bonds is 3. The van der Waals surface area contributed by atoms with Crippen LogP contribution in [0.15, 0.2) is 18.2 Å². The first-order valence-electron chi connectivity index (χ1n) is 5.94. The molecule has 1 aliphatic rings. The van der Waals surface area contributed by atoms with Crippen LogP contribution in [0.3, 0.4) is 0 Å². The van der Waals surface area contributed by atoms with Gasteiger partial charge >= 0.3 is 5.97 Å². The van der Waals surface area contributed by atoms with Gasteiger partial charge < -0.3 is 10.0 Å². The Labute approximate surface area is 118 Å². The van der Waals surface area contributed by atoms with E-state index >= 15 is 0 Å². The van der Waals surface area contributed by atoms with Gasteiger partial charge in [-0.3, -0.25) is 25.0 Å². The summed E-state index contributed by atoms with van der Waals surface area (Å²) in [5.74, 6) is -2.66. The molecule has 1 atom stereocenters. The number of nitrogens with one attached hydrogen (secondary N) is 1. The minimum atomic E-state index is -1.38. The molecule has 0 saturated carbocycles. The zero-order valence-corrected chi connectivity index (χ0v) is 10.9. The molecule has 0 aliphatic carbocycles. The number of carboxylic acid groups (broad SMARTS) is 1. The molecular weight excluding hydrogens is 282 g/mol. The van der Waals surface area contributed by atoms with Gasteiger partial charge in [0.05, 0.1) is 17.0 Å². The first kappa shape index (κ1) is 14.4. The summed E-state index contributed by atoms with van der Waals surface area (Å²) in [6.07, 6.45) is 0. The van der Waals surface area contributed by atoms with E-state index < -0.39 is 34.4 Å². The van der Waals surface area contributed by atoms with Gasteiger partial charge in [0.25, 0.3) is 5.69 Å². The van der Waals surface area contributed by atoms with E-state index in [1.807, 2.05) is 0 Å². The van der Waals surface area contributed by atoms with E-state index in [9.17, 15) is 29.6 Å². The number of carboxylic acids is 1. The molecule has 2 N–H and O–H groups in total. The first-order chi connectivity index (χ1) is 9.82. The van der Waals surface area contributed by atoms with Crippen molar-refractivity contribution in [3.8, 4) is 0 Å². The summed E-state index contributed by atoms with van der Waals surface area (Å²) in [7, 11) is 0. The Morgan fingerprint density at radius 3 is 2.71 bits per heavy atom. The van der Waals surface area contributed by atoms with E-state index in [0.29, 0.717) is 0 Å². The number of nitro benzene ring substituents is 1. The summed E-state index contributed by atoms with van der Waals surface area (Å²) in [4.78, 5) is 45.9. The van der Waals surface area contributed by atoms with Crippen LogP contribution in [0.4, 0.5) is 11.4 Å². The van der Waals surface area contributed by atoms with Crippen LogP contribution in [0.5, 0.6) is 0 Å². The van der Waals surface area contributed by atoms with Crippen molar-refractivity contribution in [1.82, 2.24) is 5.32 Å². The van der Waals surface area contributed by atoms with Crippen LogP contribution in [0, 0.1) is 10.1 Å². The normalized spacial score (nSPS) is 18.3. The fourth-order valence-corrected chi connectivity index (χ4v) is 2.14. The molecule has 2 rings (SSSR count). The summed E-state index contributed by atoms with van der Waals surface area (Å²) in [5, 5.41) is 22.4. The molecule has 9 heteroatoms. The molecule has 0 spiro atoms. The average Bonchev–Trinajstić information content (AvgIpc) is 2.41. The van der Waals surface area contributed by atoms with Crippen LogP contribution >= 0.6 is 0 Å². The van der Waals surface area contributed by atoms with Gasteiger partial charge in [-0.25, -0.2) is 4.79 Å². The predicted octanol–water partition coefficient (Wildman–Crippen LogP) is 0.144. The lowest BCUT2D eigenvalue weighted by Crippen LogP contribution is -2.57. The molecule has 2 amide bonds. The van der Waals surface area contributed by atoms with Gasteiger partial charge in [-0.1, -0.05) is 6.07 Å². The van der Waals surface area contributed by atoms with Crippen LogP contribution in [0.2, 0.25) is 0 Å². The van der Waals surface area contributed by atoms with Gasteiger partial charge in [0.2, 0.25) is 11.8 Å². The Morgan fingerprint density at radius 2 is 2.14 bits per heavy atom. The molecule has 21 heavy (non-hydrogen) atoms. The van der Waals surface area contributed by atoms with Gasteiger partial charge in [-0.2, -0.15) is 0 Å². The molecule has 1 aliphatic heterocycles. The van der Waals surface area contributed by atoms with E-state index in [-0.39, 0.29) is 17.8 Å². The van der Waals surface area contributed by atoms with E-state index in [2.05, 4.69) is 5.32 Å². The van der Waals surface area contributed by atoms with Crippen molar-refractivity contribution in [2.75, 3.05) is 11.4 Å². The second-order valence-corrected chi connectivity index (χ2v) is 4.45. The topological polar surface area (TPSA) is 130 Å². The molecule has 110 valence electrons. The average molecular weight is 293 g/mol. The van der Waals surface area contributed by atoms with Crippen LogP contribution in [0.25, 0.3) is 0 Å². The van der Waals surface area contributed by atoms with E-state index in [0.717, 1.165) is 11.0 Å². The zero-order chi connectivity index (χ0) is 15.7. The number of nitro groups is 1. The van der Waals surface area contributed by atoms with Crippen LogP contribution in [-0.2, 0) is 9.59 Å². The lowest BCUT2D eigenvalue weighted by molar-refractivity contribution is -0.384. The number of hydrogen-bond acceptors (Lipinski definition) is 6. The van der Waals surface area contributed by atoms with Crippen molar-refractivity contribution in [3.63, 3.8) is 0 Å². The van der Waals surface area contributed by atoms with Crippen LogP contribution in [-0.4, -0.2) is 40.4 Å². The van der Waals surface area contributed by atoms with Crippen molar-refractivity contribution in [1.29, 1.82) is 0 Å². The summed E-state index contributed by atoms with van der Waals surface area (Å²) >= 11 is 0. The smallest absolute Gasteiger partial charge is 0.338 e. The summed E-state index contributed by atoms with van der Waals surface area (Å²) in [5.41, 5.74) is -1.05. The van der Waals surface area contributed by atoms with E-state index in [1.54, 1.807) is 0 Å². The van der Waals surface area contributed by atoms with Crippen molar-refractivity contribution < 1.29 is 24.4 Å². The molecule has 1 fully saturated rings. The largest absolute Gasteiger partial charge is 0.478 e. The maximum atomic E-state index is 11.7. The van der Waals surface area contributed by atoms with Gasteiger partial charge in [0, 0.05) is 6.07 Å². The molecule has 1 heterocycles. The number of hydrogen-bond donors (Lipinski definition) is 2. The number of piperazine rings is 1. The third-order valence-electron chi connectivity index (χ3n) is 3.15. The molecule has 1 aromatic rings. The number of amides is 2. The second-order valence-electron chi connectivity index (χ2n) is 4.45. The van der Waals surface area contributed by atoms with Crippen LogP contribution < -0.4 is 10.2 Å². The SMILES string of the molecule is CC1C(=O)NC(=O)CN1c1c(C(=O)O)cccc1[N+](=O)[O-]. The molecule has 0 bridgehead atoms. The highest BCUT2D eigenvalue weighted by Gasteiger charge is 2.36. The quantitative estimate of drug-likeness (QED) is 0.460.